The van der Waals surface area contributed by atoms with Crippen LogP contribution in [0.3, 0.4) is 0 Å². The number of aliphatic hydroxyl groups is 2. The Morgan fingerprint density at radius 2 is 2.24 bits per heavy atom. The minimum absolute atomic E-state index is 0.559. The summed E-state index contributed by atoms with van der Waals surface area (Å²) in [6, 6.07) is 1.04. The lowest BCUT2D eigenvalue weighted by molar-refractivity contribution is -0.0491. The molecule has 1 aromatic rings. The van der Waals surface area contributed by atoms with Gasteiger partial charge in [0, 0.05) is 12.3 Å². The van der Waals surface area contributed by atoms with Crippen LogP contribution >= 0.6 is 0 Å². The van der Waals surface area contributed by atoms with Gasteiger partial charge in [0.1, 0.15) is 12.2 Å². The molecule has 3 N–H and O–H groups in total. The molecule has 1 aliphatic rings. The molecule has 0 amide bonds. The van der Waals surface area contributed by atoms with E-state index >= 15 is 0 Å². The number of halogens is 1. The monoisotopic (exact) mass is 246 g/mol. The normalized spacial score (nSPS) is 32.9. The van der Waals surface area contributed by atoms with Gasteiger partial charge in [0.05, 0.1) is 6.61 Å². The molecular formula is C9H11FN2O5. The Labute approximate surface area is 94.1 Å². The van der Waals surface area contributed by atoms with Crippen LogP contribution in [0.1, 0.15) is 6.23 Å². The third-order valence-electron chi connectivity index (χ3n) is 2.60. The van der Waals surface area contributed by atoms with Gasteiger partial charge in [0.2, 0.25) is 0 Å². The molecule has 8 heteroatoms. The van der Waals surface area contributed by atoms with Gasteiger partial charge in [0.15, 0.2) is 12.4 Å². The van der Waals surface area contributed by atoms with Crippen molar-refractivity contribution in [3.05, 3.63) is 33.1 Å². The van der Waals surface area contributed by atoms with Gasteiger partial charge in [-0.2, -0.15) is 0 Å². The summed E-state index contributed by atoms with van der Waals surface area (Å²) < 4.78 is 19.5. The van der Waals surface area contributed by atoms with Crippen molar-refractivity contribution >= 4 is 0 Å². The zero-order valence-electron chi connectivity index (χ0n) is 8.62. The summed E-state index contributed by atoms with van der Waals surface area (Å²) in [7, 11) is 0. The summed E-state index contributed by atoms with van der Waals surface area (Å²) >= 11 is 0. The highest BCUT2D eigenvalue weighted by Crippen LogP contribution is 2.30. The molecule has 2 rings (SSSR count). The fraction of sp³-hybridized carbons (Fsp3) is 0.556. The Morgan fingerprint density at radius 1 is 1.53 bits per heavy atom. The van der Waals surface area contributed by atoms with Gasteiger partial charge >= 0.3 is 5.69 Å². The van der Waals surface area contributed by atoms with Gasteiger partial charge in [-0.05, 0) is 0 Å². The maximum absolute atomic E-state index is 13.6. The molecule has 0 spiro atoms. The molecule has 1 saturated heterocycles. The third kappa shape index (κ3) is 2.02. The highest BCUT2D eigenvalue weighted by molar-refractivity contribution is 4.93. The molecule has 0 aliphatic carbocycles. The van der Waals surface area contributed by atoms with E-state index in [1.807, 2.05) is 4.98 Å². The van der Waals surface area contributed by atoms with Crippen molar-refractivity contribution in [1.82, 2.24) is 9.55 Å². The van der Waals surface area contributed by atoms with Crippen LogP contribution in [0.2, 0.25) is 0 Å². The third-order valence-corrected chi connectivity index (χ3v) is 2.60. The molecule has 7 nitrogen and oxygen atoms in total. The van der Waals surface area contributed by atoms with Crippen LogP contribution in [-0.2, 0) is 4.74 Å². The maximum atomic E-state index is 13.6. The largest absolute Gasteiger partial charge is 0.394 e. The second-order valence-electron chi connectivity index (χ2n) is 3.70. The van der Waals surface area contributed by atoms with Crippen LogP contribution in [0.25, 0.3) is 0 Å². The number of nitrogens with zero attached hydrogens (tertiary/aromatic N) is 1. The zero-order chi connectivity index (χ0) is 12.6. The second kappa shape index (κ2) is 4.40. The second-order valence-corrected chi connectivity index (χ2v) is 3.70. The van der Waals surface area contributed by atoms with E-state index in [2.05, 4.69) is 0 Å². The first-order valence-electron chi connectivity index (χ1n) is 4.94. The van der Waals surface area contributed by atoms with Crippen molar-refractivity contribution in [2.24, 2.45) is 0 Å². The molecule has 94 valence electrons. The molecule has 0 bridgehead atoms. The van der Waals surface area contributed by atoms with Crippen LogP contribution in [0, 0.1) is 0 Å². The van der Waals surface area contributed by atoms with Gasteiger partial charge in [0.25, 0.3) is 5.56 Å². The number of ether oxygens (including phenoxy) is 1. The first kappa shape index (κ1) is 12.0. The fourth-order valence-corrected chi connectivity index (χ4v) is 1.71. The zero-order valence-corrected chi connectivity index (χ0v) is 8.62. The minimum atomic E-state index is -1.85. The van der Waals surface area contributed by atoms with Crippen LogP contribution in [-0.4, -0.2) is 44.8 Å². The molecule has 4 atom stereocenters. The predicted octanol–water partition coefficient (Wildman–Crippen LogP) is -1.87. The van der Waals surface area contributed by atoms with E-state index < -0.39 is 42.5 Å². The van der Waals surface area contributed by atoms with E-state index in [1.165, 1.54) is 0 Å². The molecule has 1 fully saturated rings. The van der Waals surface area contributed by atoms with Crippen LogP contribution in [0.5, 0.6) is 0 Å². The molecular weight excluding hydrogens is 235 g/mol. The predicted molar refractivity (Wildman–Crippen MR) is 53.2 cm³/mol. The summed E-state index contributed by atoms with van der Waals surface area (Å²) in [5, 5.41) is 18.2. The fourth-order valence-electron chi connectivity index (χ4n) is 1.71. The topological polar surface area (TPSA) is 105 Å². The minimum Gasteiger partial charge on any atom is -0.394 e. The molecule has 0 aromatic carbocycles. The quantitative estimate of drug-likeness (QED) is 0.567. The van der Waals surface area contributed by atoms with Crippen LogP contribution < -0.4 is 11.2 Å². The van der Waals surface area contributed by atoms with Crippen LogP contribution in [0.15, 0.2) is 21.9 Å². The first-order chi connectivity index (χ1) is 8.04. The number of hydrogen-bond acceptors (Lipinski definition) is 5. The number of nitrogens with one attached hydrogen (secondary N) is 1. The number of H-pyrrole nitrogens is 1. The summed E-state index contributed by atoms with van der Waals surface area (Å²) in [6.07, 6.45) is -4.73. The molecule has 0 unspecified atom stereocenters. The van der Waals surface area contributed by atoms with E-state index in [4.69, 9.17) is 9.84 Å². The highest BCUT2D eigenvalue weighted by Gasteiger charge is 2.45. The smallest absolute Gasteiger partial charge is 0.330 e. The molecule has 0 saturated carbocycles. The Hall–Kier alpha value is -1.51. The van der Waals surface area contributed by atoms with Gasteiger partial charge in [-0.25, -0.2) is 9.18 Å². The number of hydrogen-bond donors (Lipinski definition) is 3. The summed E-state index contributed by atoms with van der Waals surface area (Å²) in [5.41, 5.74) is -1.45. The summed E-state index contributed by atoms with van der Waals surface area (Å²) in [4.78, 5) is 24.2. The molecule has 1 aliphatic heterocycles. The lowest BCUT2D eigenvalue weighted by Crippen LogP contribution is -2.35. The number of aromatic nitrogens is 2. The number of aromatic amines is 1. The van der Waals surface area contributed by atoms with Crippen molar-refractivity contribution < 1.29 is 19.3 Å². The Morgan fingerprint density at radius 3 is 2.76 bits per heavy atom. The Bertz CT molecular complexity index is 513. The van der Waals surface area contributed by atoms with Crippen molar-refractivity contribution in [1.29, 1.82) is 0 Å². The highest BCUT2D eigenvalue weighted by atomic mass is 19.1. The Balaban J connectivity index is 2.35. The van der Waals surface area contributed by atoms with Gasteiger partial charge in [-0.1, -0.05) is 0 Å². The molecule has 17 heavy (non-hydrogen) atoms. The lowest BCUT2D eigenvalue weighted by atomic mass is 10.1. The SMILES string of the molecule is O=c1ccn([C@@H]2O[C@@H](CO)[C@@H](O)[C@H]2F)c(=O)[nH]1. The van der Waals surface area contributed by atoms with E-state index in [0.717, 1.165) is 16.8 Å². The first-order valence-corrected chi connectivity index (χ1v) is 4.94. The van der Waals surface area contributed by atoms with Gasteiger partial charge in [-0.15, -0.1) is 0 Å². The summed E-state index contributed by atoms with van der Waals surface area (Å²) in [6.45, 7) is -0.559. The van der Waals surface area contributed by atoms with Crippen molar-refractivity contribution in [2.75, 3.05) is 6.61 Å². The van der Waals surface area contributed by atoms with E-state index in [1.54, 1.807) is 0 Å². The standard InChI is InChI=1S/C9H11FN2O5/c10-6-7(15)4(3-13)17-8(6)12-2-1-5(14)11-9(12)16/h1-2,4,6-8,13,15H,3H2,(H,11,14,16)/t4-,6+,7+,8+/m0/s1. The maximum Gasteiger partial charge on any atom is 0.330 e. The Kier molecular flexibility index (Phi) is 3.09. The summed E-state index contributed by atoms with van der Waals surface area (Å²) in [5.74, 6) is 0. The number of alkyl halides is 1. The van der Waals surface area contributed by atoms with Crippen molar-refractivity contribution in [3.8, 4) is 0 Å². The van der Waals surface area contributed by atoms with Gasteiger partial charge < -0.3 is 14.9 Å². The molecule has 2 heterocycles. The van der Waals surface area contributed by atoms with Gasteiger partial charge in [-0.3, -0.25) is 14.3 Å². The van der Waals surface area contributed by atoms with Crippen LogP contribution in [0.4, 0.5) is 4.39 Å². The average Bonchev–Trinajstić information content (AvgIpc) is 2.57. The molecule has 1 aromatic heterocycles. The molecule has 0 radical (unpaired) electrons. The average molecular weight is 246 g/mol. The van der Waals surface area contributed by atoms with Crippen molar-refractivity contribution in [2.45, 2.75) is 24.6 Å². The lowest BCUT2D eigenvalue weighted by Gasteiger charge is -2.15. The number of rotatable bonds is 2. The van der Waals surface area contributed by atoms with E-state index in [-0.39, 0.29) is 0 Å². The number of aliphatic hydroxyl groups excluding tert-OH is 2. The van der Waals surface area contributed by atoms with E-state index in [0.29, 0.717) is 0 Å². The van der Waals surface area contributed by atoms with Crippen molar-refractivity contribution in [3.63, 3.8) is 0 Å². The van der Waals surface area contributed by atoms with E-state index in [9.17, 15) is 19.1 Å².